The molecule has 0 aliphatic heterocycles. The molecule has 3 rings (SSSR count). The van der Waals surface area contributed by atoms with Crippen molar-refractivity contribution in [1.82, 2.24) is 10.2 Å². The average molecular weight is 220 g/mol. The highest BCUT2D eigenvalue weighted by molar-refractivity contribution is 5.81. The minimum atomic E-state index is 1.05. The van der Waals surface area contributed by atoms with E-state index in [0.29, 0.717) is 0 Å². The molecule has 0 atom stereocenters. The quantitative estimate of drug-likeness (QED) is 0.700. The first kappa shape index (κ1) is 9.85. The Morgan fingerprint density at radius 3 is 2.12 bits per heavy atom. The molecule has 0 saturated carbocycles. The summed E-state index contributed by atoms with van der Waals surface area (Å²) in [5.41, 5.74) is 4.66. The van der Waals surface area contributed by atoms with E-state index in [1.807, 2.05) is 18.2 Å². The van der Waals surface area contributed by atoms with Gasteiger partial charge in [0.2, 0.25) is 0 Å². The average Bonchev–Trinajstić information content (AvgIpc) is 2.94. The SMILES string of the molecule is c1ccc(-c2ccccc2-c2ccn[nH]2)cc1. The van der Waals surface area contributed by atoms with Gasteiger partial charge in [-0.2, -0.15) is 5.10 Å². The Morgan fingerprint density at radius 2 is 1.41 bits per heavy atom. The van der Waals surface area contributed by atoms with Gasteiger partial charge in [0.1, 0.15) is 0 Å². The summed E-state index contributed by atoms with van der Waals surface area (Å²) in [5.74, 6) is 0. The fraction of sp³-hybridized carbons (Fsp3) is 0. The number of rotatable bonds is 2. The van der Waals surface area contributed by atoms with E-state index in [1.165, 1.54) is 16.7 Å². The first-order valence-electron chi connectivity index (χ1n) is 5.59. The Bertz CT molecular complexity index is 598. The van der Waals surface area contributed by atoms with Crippen LogP contribution in [-0.2, 0) is 0 Å². The third-order valence-corrected chi connectivity index (χ3v) is 2.80. The van der Waals surface area contributed by atoms with Crippen LogP contribution in [0.15, 0.2) is 66.9 Å². The predicted octanol–water partition coefficient (Wildman–Crippen LogP) is 3.74. The lowest BCUT2D eigenvalue weighted by molar-refractivity contribution is 1.10. The van der Waals surface area contributed by atoms with Crippen LogP contribution in [-0.4, -0.2) is 10.2 Å². The smallest absolute Gasteiger partial charge is 0.0656 e. The van der Waals surface area contributed by atoms with E-state index in [9.17, 15) is 0 Å². The maximum absolute atomic E-state index is 4.01. The fourth-order valence-electron chi connectivity index (χ4n) is 1.99. The minimum absolute atomic E-state index is 1.05. The first-order valence-corrected chi connectivity index (χ1v) is 5.59. The van der Waals surface area contributed by atoms with E-state index in [0.717, 1.165) is 5.69 Å². The van der Waals surface area contributed by atoms with Crippen LogP contribution in [0, 0.1) is 0 Å². The van der Waals surface area contributed by atoms with Gasteiger partial charge in [0.15, 0.2) is 0 Å². The van der Waals surface area contributed by atoms with E-state index >= 15 is 0 Å². The van der Waals surface area contributed by atoms with Gasteiger partial charge in [-0.25, -0.2) is 0 Å². The lowest BCUT2D eigenvalue weighted by Gasteiger charge is -2.07. The van der Waals surface area contributed by atoms with Crippen molar-refractivity contribution >= 4 is 0 Å². The molecule has 0 aliphatic carbocycles. The zero-order valence-corrected chi connectivity index (χ0v) is 9.30. The monoisotopic (exact) mass is 220 g/mol. The minimum Gasteiger partial charge on any atom is -0.278 e. The van der Waals surface area contributed by atoms with Gasteiger partial charge in [-0.3, -0.25) is 5.10 Å². The number of H-pyrrole nitrogens is 1. The van der Waals surface area contributed by atoms with E-state index in [-0.39, 0.29) is 0 Å². The Balaban J connectivity index is 2.18. The van der Waals surface area contributed by atoms with Crippen LogP contribution in [0.1, 0.15) is 0 Å². The van der Waals surface area contributed by atoms with E-state index < -0.39 is 0 Å². The van der Waals surface area contributed by atoms with Crippen LogP contribution >= 0.6 is 0 Å². The zero-order valence-electron chi connectivity index (χ0n) is 9.30. The Kier molecular flexibility index (Phi) is 2.47. The van der Waals surface area contributed by atoms with Gasteiger partial charge in [0.05, 0.1) is 5.69 Å². The molecule has 0 spiro atoms. The molecule has 17 heavy (non-hydrogen) atoms. The van der Waals surface area contributed by atoms with Crippen LogP contribution in [0.2, 0.25) is 0 Å². The third-order valence-electron chi connectivity index (χ3n) is 2.80. The summed E-state index contributed by atoms with van der Waals surface area (Å²) >= 11 is 0. The Labute approximate surface area is 99.9 Å². The van der Waals surface area contributed by atoms with Gasteiger partial charge in [0, 0.05) is 11.8 Å². The van der Waals surface area contributed by atoms with E-state index in [1.54, 1.807) is 6.20 Å². The molecular formula is C15H12N2. The molecule has 0 aliphatic rings. The van der Waals surface area contributed by atoms with E-state index in [2.05, 4.69) is 52.7 Å². The molecule has 0 unspecified atom stereocenters. The first-order chi connectivity index (χ1) is 8.45. The van der Waals surface area contributed by atoms with Crippen LogP contribution in [0.3, 0.4) is 0 Å². The standard InChI is InChI=1S/C15H12N2/c1-2-6-12(7-3-1)13-8-4-5-9-14(13)15-10-11-16-17-15/h1-11H,(H,16,17). The summed E-state index contributed by atoms with van der Waals surface area (Å²) in [6, 6.07) is 20.7. The van der Waals surface area contributed by atoms with Crippen molar-refractivity contribution < 1.29 is 0 Å². The second-order valence-electron chi connectivity index (χ2n) is 3.88. The van der Waals surface area contributed by atoms with Crippen LogP contribution in [0.25, 0.3) is 22.4 Å². The summed E-state index contributed by atoms with van der Waals surface area (Å²) in [6.07, 6.45) is 1.77. The molecule has 1 aromatic heterocycles. The summed E-state index contributed by atoms with van der Waals surface area (Å²) in [6.45, 7) is 0. The number of nitrogens with one attached hydrogen (secondary N) is 1. The van der Waals surface area contributed by atoms with Gasteiger partial charge in [0.25, 0.3) is 0 Å². The molecule has 82 valence electrons. The Morgan fingerprint density at radius 1 is 0.706 bits per heavy atom. The second kappa shape index (κ2) is 4.26. The van der Waals surface area contributed by atoms with Crippen molar-refractivity contribution in [2.45, 2.75) is 0 Å². The fourth-order valence-corrected chi connectivity index (χ4v) is 1.99. The highest BCUT2D eigenvalue weighted by atomic mass is 15.1. The molecule has 2 aromatic carbocycles. The zero-order chi connectivity index (χ0) is 11.5. The van der Waals surface area contributed by atoms with Gasteiger partial charge in [-0.1, -0.05) is 54.6 Å². The maximum Gasteiger partial charge on any atom is 0.0656 e. The molecule has 0 saturated heterocycles. The summed E-state index contributed by atoms with van der Waals surface area (Å²) in [4.78, 5) is 0. The van der Waals surface area contributed by atoms with Crippen molar-refractivity contribution in [2.75, 3.05) is 0 Å². The highest BCUT2D eigenvalue weighted by Crippen LogP contribution is 2.30. The molecule has 1 N–H and O–H groups in total. The maximum atomic E-state index is 4.01. The van der Waals surface area contributed by atoms with Gasteiger partial charge >= 0.3 is 0 Å². The molecule has 0 radical (unpaired) electrons. The molecule has 1 heterocycles. The molecule has 2 heteroatoms. The van der Waals surface area contributed by atoms with Gasteiger partial charge in [-0.15, -0.1) is 0 Å². The normalized spacial score (nSPS) is 10.4. The second-order valence-corrected chi connectivity index (χ2v) is 3.88. The molecule has 2 nitrogen and oxygen atoms in total. The summed E-state index contributed by atoms with van der Waals surface area (Å²) in [7, 11) is 0. The number of aromatic amines is 1. The topological polar surface area (TPSA) is 28.7 Å². The van der Waals surface area contributed by atoms with Crippen LogP contribution in [0.5, 0.6) is 0 Å². The highest BCUT2D eigenvalue weighted by Gasteiger charge is 2.06. The van der Waals surface area contributed by atoms with Gasteiger partial charge in [-0.05, 0) is 17.2 Å². The van der Waals surface area contributed by atoms with Crippen molar-refractivity contribution in [1.29, 1.82) is 0 Å². The number of hydrogen-bond donors (Lipinski definition) is 1. The van der Waals surface area contributed by atoms with Crippen molar-refractivity contribution in [3.63, 3.8) is 0 Å². The Hall–Kier alpha value is -2.35. The summed E-state index contributed by atoms with van der Waals surface area (Å²) < 4.78 is 0. The largest absolute Gasteiger partial charge is 0.278 e. The van der Waals surface area contributed by atoms with Crippen molar-refractivity contribution in [3.8, 4) is 22.4 Å². The number of benzene rings is 2. The lowest BCUT2D eigenvalue weighted by Crippen LogP contribution is -1.84. The van der Waals surface area contributed by atoms with Crippen molar-refractivity contribution in [2.24, 2.45) is 0 Å². The molecule has 0 amide bonds. The summed E-state index contributed by atoms with van der Waals surface area (Å²) in [5, 5.41) is 7.02. The lowest BCUT2D eigenvalue weighted by atomic mass is 9.98. The van der Waals surface area contributed by atoms with Crippen molar-refractivity contribution in [3.05, 3.63) is 66.9 Å². The molecule has 0 fully saturated rings. The van der Waals surface area contributed by atoms with Crippen LogP contribution in [0.4, 0.5) is 0 Å². The van der Waals surface area contributed by atoms with Crippen LogP contribution < -0.4 is 0 Å². The number of nitrogens with zero attached hydrogens (tertiary/aromatic N) is 1. The molecule has 0 bridgehead atoms. The molecular weight excluding hydrogens is 208 g/mol. The number of aromatic nitrogens is 2. The third kappa shape index (κ3) is 1.85. The van der Waals surface area contributed by atoms with E-state index in [4.69, 9.17) is 0 Å². The predicted molar refractivity (Wildman–Crippen MR) is 69.5 cm³/mol. The van der Waals surface area contributed by atoms with Gasteiger partial charge < -0.3 is 0 Å². The number of hydrogen-bond acceptors (Lipinski definition) is 1. The molecule has 3 aromatic rings.